The van der Waals surface area contributed by atoms with E-state index in [2.05, 4.69) is 41.3 Å². The zero-order valence-corrected chi connectivity index (χ0v) is 11.7. The van der Waals surface area contributed by atoms with Crippen LogP contribution in [0.1, 0.15) is 43.3 Å². The average Bonchev–Trinajstić information content (AvgIpc) is 2.76. The zero-order chi connectivity index (χ0) is 11.4. The van der Waals surface area contributed by atoms with E-state index in [1.165, 1.54) is 35.0 Å². The smallest absolute Gasteiger partial charge is 0.107 e. The Labute approximate surface area is 106 Å². The molecule has 1 saturated heterocycles. The second-order valence-electron chi connectivity index (χ2n) is 4.62. The Bertz CT molecular complexity index is 317. The van der Waals surface area contributed by atoms with Gasteiger partial charge in [-0.3, -0.25) is 0 Å². The van der Waals surface area contributed by atoms with Crippen molar-refractivity contribution in [1.29, 1.82) is 0 Å². The predicted octanol–water partition coefficient (Wildman–Crippen LogP) is 3.25. The lowest BCUT2D eigenvalue weighted by Gasteiger charge is -2.21. The lowest BCUT2D eigenvalue weighted by Crippen LogP contribution is -2.33. The van der Waals surface area contributed by atoms with Crippen LogP contribution in [0, 0.1) is 0 Å². The van der Waals surface area contributed by atoms with Crippen molar-refractivity contribution in [2.24, 2.45) is 0 Å². The fourth-order valence-electron chi connectivity index (χ4n) is 1.80. The molecular weight excluding hydrogens is 236 g/mol. The van der Waals surface area contributed by atoms with Gasteiger partial charge < -0.3 is 5.32 Å². The van der Waals surface area contributed by atoms with Crippen LogP contribution in [0.2, 0.25) is 0 Å². The maximum Gasteiger partial charge on any atom is 0.107 e. The first-order valence-corrected chi connectivity index (χ1v) is 8.04. The molecule has 2 nitrogen and oxygen atoms in total. The average molecular weight is 256 g/mol. The van der Waals surface area contributed by atoms with Gasteiger partial charge in [-0.15, -0.1) is 11.3 Å². The normalized spacial score (nSPS) is 21.6. The summed E-state index contributed by atoms with van der Waals surface area (Å²) in [5.41, 5.74) is 1.24. The molecule has 2 rings (SSSR count). The molecule has 1 fully saturated rings. The topological polar surface area (TPSA) is 24.9 Å². The Kier molecular flexibility index (Phi) is 4.67. The van der Waals surface area contributed by atoms with Crippen LogP contribution in [0.15, 0.2) is 5.38 Å². The van der Waals surface area contributed by atoms with Gasteiger partial charge in [-0.2, -0.15) is 11.8 Å². The molecule has 16 heavy (non-hydrogen) atoms. The molecule has 1 aromatic heterocycles. The molecule has 0 saturated carbocycles. The number of rotatable bonds is 4. The van der Waals surface area contributed by atoms with E-state index in [-0.39, 0.29) is 0 Å². The highest BCUT2D eigenvalue weighted by Crippen LogP contribution is 2.20. The predicted molar refractivity (Wildman–Crippen MR) is 73.4 cm³/mol. The lowest BCUT2D eigenvalue weighted by atomic mass is 10.2. The molecule has 1 aliphatic rings. The number of thiazole rings is 1. The summed E-state index contributed by atoms with van der Waals surface area (Å²) in [4.78, 5) is 4.64. The standard InChI is InChI=1S/C12H20N2S2/c1-9(2)11-8-16-12(14-11)6-13-10-4-3-5-15-7-10/h8-10,13H,3-7H2,1-2H3. The lowest BCUT2D eigenvalue weighted by molar-refractivity contribution is 0.506. The van der Waals surface area contributed by atoms with Gasteiger partial charge in [0.25, 0.3) is 0 Å². The summed E-state index contributed by atoms with van der Waals surface area (Å²) >= 11 is 3.85. The number of nitrogens with one attached hydrogen (secondary N) is 1. The van der Waals surface area contributed by atoms with E-state index in [0.29, 0.717) is 12.0 Å². The van der Waals surface area contributed by atoms with E-state index >= 15 is 0 Å². The Morgan fingerprint density at radius 3 is 3.06 bits per heavy atom. The largest absolute Gasteiger partial charge is 0.307 e. The molecule has 1 aliphatic heterocycles. The zero-order valence-electron chi connectivity index (χ0n) is 10.0. The Balaban J connectivity index is 1.79. The van der Waals surface area contributed by atoms with Crippen LogP contribution in [0.4, 0.5) is 0 Å². The van der Waals surface area contributed by atoms with Crippen LogP contribution in [-0.2, 0) is 6.54 Å². The molecule has 1 N–H and O–H groups in total. The van der Waals surface area contributed by atoms with Crippen LogP contribution in [0.3, 0.4) is 0 Å². The highest BCUT2D eigenvalue weighted by molar-refractivity contribution is 7.99. The summed E-state index contributed by atoms with van der Waals surface area (Å²) < 4.78 is 0. The van der Waals surface area contributed by atoms with E-state index in [9.17, 15) is 0 Å². The number of hydrogen-bond acceptors (Lipinski definition) is 4. The van der Waals surface area contributed by atoms with Gasteiger partial charge in [0.1, 0.15) is 5.01 Å². The first kappa shape index (κ1) is 12.4. The highest BCUT2D eigenvalue weighted by atomic mass is 32.2. The van der Waals surface area contributed by atoms with Crippen LogP contribution >= 0.6 is 23.1 Å². The number of nitrogens with zero attached hydrogens (tertiary/aromatic N) is 1. The second-order valence-corrected chi connectivity index (χ2v) is 6.71. The van der Waals surface area contributed by atoms with Crippen LogP contribution in [0.5, 0.6) is 0 Å². The third kappa shape index (κ3) is 3.47. The Morgan fingerprint density at radius 2 is 2.44 bits per heavy atom. The van der Waals surface area contributed by atoms with Crippen molar-refractivity contribution in [2.75, 3.05) is 11.5 Å². The van der Waals surface area contributed by atoms with Crippen molar-refractivity contribution in [3.63, 3.8) is 0 Å². The molecule has 0 aliphatic carbocycles. The Morgan fingerprint density at radius 1 is 1.56 bits per heavy atom. The van der Waals surface area contributed by atoms with Crippen LogP contribution in [0.25, 0.3) is 0 Å². The molecule has 0 radical (unpaired) electrons. The first-order valence-electron chi connectivity index (χ1n) is 6.01. The van der Waals surface area contributed by atoms with Crippen LogP contribution in [-0.4, -0.2) is 22.5 Å². The third-order valence-corrected chi connectivity index (χ3v) is 4.95. The van der Waals surface area contributed by atoms with Gasteiger partial charge in [0.2, 0.25) is 0 Å². The van der Waals surface area contributed by atoms with Gasteiger partial charge in [-0.1, -0.05) is 13.8 Å². The van der Waals surface area contributed by atoms with Crippen molar-refractivity contribution in [2.45, 2.75) is 45.2 Å². The minimum absolute atomic E-state index is 0.551. The molecule has 4 heteroatoms. The summed E-state index contributed by atoms with van der Waals surface area (Å²) in [6.07, 6.45) is 2.69. The fraction of sp³-hybridized carbons (Fsp3) is 0.750. The minimum Gasteiger partial charge on any atom is -0.307 e. The maximum atomic E-state index is 4.64. The monoisotopic (exact) mass is 256 g/mol. The molecular formula is C12H20N2S2. The SMILES string of the molecule is CC(C)c1csc(CNC2CCCSC2)n1. The van der Waals surface area contributed by atoms with Crippen LogP contribution < -0.4 is 5.32 Å². The van der Waals surface area contributed by atoms with Crippen molar-refractivity contribution >= 4 is 23.1 Å². The van der Waals surface area contributed by atoms with Gasteiger partial charge in [0.15, 0.2) is 0 Å². The quantitative estimate of drug-likeness (QED) is 0.895. The van der Waals surface area contributed by atoms with E-state index < -0.39 is 0 Å². The van der Waals surface area contributed by atoms with Gasteiger partial charge >= 0.3 is 0 Å². The Hall–Kier alpha value is -0.0600. The minimum atomic E-state index is 0.551. The molecule has 1 aromatic rings. The second kappa shape index (κ2) is 6.03. The van der Waals surface area contributed by atoms with E-state index in [4.69, 9.17) is 0 Å². The van der Waals surface area contributed by atoms with Gasteiger partial charge in [-0.25, -0.2) is 4.98 Å². The first-order chi connectivity index (χ1) is 7.75. The summed E-state index contributed by atoms with van der Waals surface area (Å²) in [6, 6.07) is 0.699. The summed E-state index contributed by atoms with van der Waals surface area (Å²) in [5.74, 6) is 3.16. The third-order valence-electron chi connectivity index (χ3n) is 2.86. The summed E-state index contributed by atoms with van der Waals surface area (Å²) in [5, 5.41) is 7.04. The molecule has 1 atom stereocenters. The summed E-state index contributed by atoms with van der Waals surface area (Å²) in [7, 11) is 0. The van der Waals surface area contributed by atoms with Crippen molar-refractivity contribution in [3.05, 3.63) is 16.1 Å². The fourth-order valence-corrected chi connectivity index (χ4v) is 3.82. The van der Waals surface area contributed by atoms with Crippen molar-refractivity contribution in [3.8, 4) is 0 Å². The number of thioether (sulfide) groups is 1. The molecule has 0 amide bonds. The molecule has 1 unspecified atom stereocenters. The van der Waals surface area contributed by atoms with Gasteiger partial charge in [-0.05, 0) is 24.5 Å². The molecule has 0 spiro atoms. The van der Waals surface area contributed by atoms with Gasteiger partial charge in [0, 0.05) is 23.7 Å². The van der Waals surface area contributed by atoms with E-state index in [1.807, 2.05) is 0 Å². The van der Waals surface area contributed by atoms with Crippen molar-refractivity contribution in [1.82, 2.24) is 10.3 Å². The summed E-state index contributed by atoms with van der Waals surface area (Å²) in [6.45, 7) is 5.34. The molecule has 90 valence electrons. The van der Waals surface area contributed by atoms with Crippen molar-refractivity contribution < 1.29 is 0 Å². The van der Waals surface area contributed by atoms with E-state index in [1.54, 1.807) is 11.3 Å². The highest BCUT2D eigenvalue weighted by Gasteiger charge is 2.13. The number of hydrogen-bond donors (Lipinski definition) is 1. The van der Waals surface area contributed by atoms with E-state index in [0.717, 1.165) is 6.54 Å². The molecule has 0 aromatic carbocycles. The maximum absolute atomic E-state index is 4.64. The number of aromatic nitrogens is 1. The molecule has 2 heterocycles. The molecule has 0 bridgehead atoms. The van der Waals surface area contributed by atoms with Gasteiger partial charge in [0.05, 0.1) is 5.69 Å².